The molecule has 0 fully saturated rings. The van der Waals surface area contributed by atoms with Gasteiger partial charge in [0.15, 0.2) is 0 Å². The van der Waals surface area contributed by atoms with E-state index in [0.29, 0.717) is 23.9 Å². The van der Waals surface area contributed by atoms with Crippen molar-refractivity contribution in [2.75, 3.05) is 20.1 Å². The molecule has 1 aromatic heterocycles. The summed E-state index contributed by atoms with van der Waals surface area (Å²) in [5, 5.41) is 7.20. The highest BCUT2D eigenvalue weighted by atomic mass is 32.1. The van der Waals surface area contributed by atoms with Crippen molar-refractivity contribution < 1.29 is 9.21 Å². The Balaban J connectivity index is 2.00. The van der Waals surface area contributed by atoms with Gasteiger partial charge in [-0.25, -0.2) is 4.68 Å². The number of hydrogen-bond acceptors (Lipinski definition) is 5. The molecule has 0 radical (unpaired) electrons. The molecule has 0 aliphatic rings. The number of aromatic nitrogens is 2. The lowest BCUT2D eigenvalue weighted by Gasteiger charge is -2.15. The number of amides is 1. The fourth-order valence-corrected chi connectivity index (χ4v) is 2.11. The van der Waals surface area contributed by atoms with Crippen molar-refractivity contribution >= 4 is 18.1 Å². The van der Waals surface area contributed by atoms with Gasteiger partial charge in [-0.3, -0.25) is 9.69 Å². The summed E-state index contributed by atoms with van der Waals surface area (Å²) >= 11 is 5.18. The van der Waals surface area contributed by atoms with Crippen LogP contribution in [0.1, 0.15) is 13.3 Å². The molecule has 1 N–H and O–H groups in total. The van der Waals surface area contributed by atoms with Crippen molar-refractivity contribution in [1.29, 1.82) is 0 Å². The Morgan fingerprint density at radius 2 is 2.14 bits per heavy atom. The predicted octanol–water partition coefficient (Wildman–Crippen LogP) is 2.29. The van der Waals surface area contributed by atoms with Crippen LogP contribution in [0.3, 0.4) is 0 Å². The highest BCUT2D eigenvalue weighted by Gasteiger charge is 2.11. The van der Waals surface area contributed by atoms with Crippen LogP contribution < -0.4 is 5.32 Å². The third-order valence-electron chi connectivity index (χ3n) is 2.99. The molecule has 2 aromatic rings. The molecule has 22 heavy (non-hydrogen) atoms. The van der Waals surface area contributed by atoms with Crippen LogP contribution in [0.5, 0.6) is 0 Å². The van der Waals surface area contributed by atoms with Crippen molar-refractivity contribution in [2.24, 2.45) is 0 Å². The molecule has 1 aromatic carbocycles. The van der Waals surface area contributed by atoms with E-state index >= 15 is 0 Å². The van der Waals surface area contributed by atoms with Crippen LogP contribution in [0.25, 0.3) is 11.5 Å². The van der Waals surface area contributed by atoms with Crippen LogP contribution in [0, 0.1) is 4.84 Å². The third-order valence-corrected chi connectivity index (χ3v) is 3.28. The van der Waals surface area contributed by atoms with E-state index in [1.165, 1.54) is 0 Å². The average Bonchev–Trinajstić information content (AvgIpc) is 2.87. The summed E-state index contributed by atoms with van der Waals surface area (Å²) < 4.78 is 7.09. The van der Waals surface area contributed by atoms with Gasteiger partial charge in [-0.05, 0) is 37.8 Å². The molecule has 0 saturated carbocycles. The molecule has 0 aliphatic heterocycles. The Morgan fingerprint density at radius 3 is 2.82 bits per heavy atom. The number of carbonyl (C=O) groups excluding carboxylic acids is 1. The molecule has 1 heterocycles. The zero-order valence-electron chi connectivity index (χ0n) is 12.8. The maximum atomic E-state index is 11.7. The van der Waals surface area contributed by atoms with Crippen LogP contribution >= 0.6 is 12.2 Å². The van der Waals surface area contributed by atoms with Gasteiger partial charge in [-0.1, -0.05) is 25.1 Å². The van der Waals surface area contributed by atoms with E-state index in [1.54, 1.807) is 4.68 Å². The SMILES string of the molecule is CCCNC(=O)CN(C)Cn1nc(-c2ccccc2)oc1=S. The van der Waals surface area contributed by atoms with Crippen LogP contribution in [0.15, 0.2) is 34.7 Å². The summed E-state index contributed by atoms with van der Waals surface area (Å²) in [6.07, 6.45) is 0.921. The summed E-state index contributed by atoms with van der Waals surface area (Å²) in [5.74, 6) is 0.470. The Labute approximate surface area is 134 Å². The van der Waals surface area contributed by atoms with Gasteiger partial charge in [0, 0.05) is 12.1 Å². The number of hydrogen-bond donors (Lipinski definition) is 1. The normalized spacial score (nSPS) is 10.9. The molecule has 0 aliphatic carbocycles. The standard InChI is InChI=1S/C15H20N4O2S/c1-3-9-16-13(20)10-18(2)11-19-15(22)21-14(17-19)12-7-5-4-6-8-12/h4-8H,3,9-11H2,1-2H3,(H,16,20). The molecule has 1 amide bonds. The van der Waals surface area contributed by atoms with Crippen molar-refractivity contribution in [2.45, 2.75) is 20.0 Å². The number of rotatable bonds is 7. The van der Waals surface area contributed by atoms with E-state index in [2.05, 4.69) is 10.4 Å². The molecule has 0 spiro atoms. The first-order valence-electron chi connectivity index (χ1n) is 7.18. The Bertz CT molecular complexity index is 666. The molecule has 0 atom stereocenters. The van der Waals surface area contributed by atoms with Crippen molar-refractivity contribution in [1.82, 2.24) is 20.0 Å². The van der Waals surface area contributed by atoms with Crippen LogP contribution in [0.2, 0.25) is 0 Å². The molecule has 2 rings (SSSR count). The number of carbonyl (C=O) groups is 1. The van der Waals surface area contributed by atoms with E-state index in [0.717, 1.165) is 12.0 Å². The van der Waals surface area contributed by atoms with E-state index in [9.17, 15) is 4.79 Å². The largest absolute Gasteiger partial charge is 0.409 e. The second-order valence-corrected chi connectivity index (χ2v) is 5.39. The Hall–Kier alpha value is -1.99. The minimum absolute atomic E-state index is 0.0114. The summed E-state index contributed by atoms with van der Waals surface area (Å²) in [4.78, 5) is 13.8. The van der Waals surface area contributed by atoms with Crippen molar-refractivity contribution in [3.8, 4) is 11.5 Å². The average molecular weight is 320 g/mol. The minimum Gasteiger partial charge on any atom is -0.409 e. The second-order valence-electron chi connectivity index (χ2n) is 5.04. The lowest BCUT2D eigenvalue weighted by molar-refractivity contribution is -0.122. The Morgan fingerprint density at radius 1 is 1.41 bits per heavy atom. The first kappa shape index (κ1) is 16.4. The molecule has 0 bridgehead atoms. The van der Waals surface area contributed by atoms with Crippen molar-refractivity contribution in [3.05, 3.63) is 35.2 Å². The molecular weight excluding hydrogens is 300 g/mol. The fraction of sp³-hybridized carbons (Fsp3) is 0.400. The molecule has 6 nitrogen and oxygen atoms in total. The number of likely N-dealkylation sites (N-methyl/N-ethyl adjacent to an activating group) is 1. The van der Waals surface area contributed by atoms with E-state index in [-0.39, 0.29) is 12.5 Å². The first-order valence-corrected chi connectivity index (χ1v) is 7.59. The van der Waals surface area contributed by atoms with Crippen LogP contribution in [-0.4, -0.2) is 40.7 Å². The van der Waals surface area contributed by atoms with E-state index in [4.69, 9.17) is 16.6 Å². The van der Waals surface area contributed by atoms with Gasteiger partial charge in [0.05, 0.1) is 13.2 Å². The monoisotopic (exact) mass is 320 g/mol. The molecular formula is C15H20N4O2S. The molecule has 0 saturated heterocycles. The summed E-state index contributed by atoms with van der Waals surface area (Å²) in [6.45, 7) is 3.39. The third kappa shape index (κ3) is 4.51. The van der Waals surface area contributed by atoms with Gasteiger partial charge < -0.3 is 9.73 Å². The molecule has 7 heteroatoms. The van der Waals surface area contributed by atoms with Gasteiger partial charge in [-0.15, -0.1) is 5.10 Å². The van der Waals surface area contributed by atoms with Gasteiger partial charge >= 0.3 is 0 Å². The summed E-state index contributed by atoms with van der Waals surface area (Å²) in [6, 6.07) is 9.58. The zero-order chi connectivity index (χ0) is 15.9. The predicted molar refractivity (Wildman–Crippen MR) is 86.7 cm³/mol. The van der Waals surface area contributed by atoms with Crippen molar-refractivity contribution in [3.63, 3.8) is 0 Å². The second kappa shape index (κ2) is 7.86. The molecule has 118 valence electrons. The van der Waals surface area contributed by atoms with E-state index < -0.39 is 0 Å². The summed E-state index contributed by atoms with van der Waals surface area (Å²) in [7, 11) is 1.84. The topological polar surface area (TPSA) is 63.3 Å². The van der Waals surface area contributed by atoms with Crippen LogP contribution in [0.4, 0.5) is 0 Å². The first-order chi connectivity index (χ1) is 10.6. The highest BCUT2D eigenvalue weighted by Crippen LogP contribution is 2.16. The lowest BCUT2D eigenvalue weighted by atomic mass is 10.2. The minimum atomic E-state index is -0.0114. The van der Waals surface area contributed by atoms with Gasteiger partial charge in [0.25, 0.3) is 4.84 Å². The maximum absolute atomic E-state index is 11.7. The number of nitrogens with zero attached hydrogens (tertiary/aromatic N) is 3. The lowest BCUT2D eigenvalue weighted by Crippen LogP contribution is -2.36. The van der Waals surface area contributed by atoms with Gasteiger partial charge in [-0.2, -0.15) is 0 Å². The van der Waals surface area contributed by atoms with Crippen LogP contribution in [-0.2, 0) is 11.5 Å². The van der Waals surface area contributed by atoms with E-state index in [1.807, 2.05) is 49.2 Å². The Kier molecular flexibility index (Phi) is 5.85. The zero-order valence-corrected chi connectivity index (χ0v) is 13.6. The molecule has 0 unspecified atom stereocenters. The summed E-state index contributed by atoms with van der Waals surface area (Å²) in [5.41, 5.74) is 0.871. The smallest absolute Gasteiger partial charge is 0.288 e. The maximum Gasteiger partial charge on any atom is 0.288 e. The highest BCUT2D eigenvalue weighted by molar-refractivity contribution is 7.71. The quantitative estimate of drug-likeness (QED) is 0.793. The fourth-order valence-electron chi connectivity index (χ4n) is 1.94. The van der Waals surface area contributed by atoms with Gasteiger partial charge in [0.2, 0.25) is 11.8 Å². The number of benzene rings is 1. The number of nitrogens with one attached hydrogen (secondary N) is 1. The van der Waals surface area contributed by atoms with Gasteiger partial charge in [0.1, 0.15) is 0 Å².